The molecule has 2 aromatic rings. The Kier molecular flexibility index (Phi) is 5.26. The number of phenols is 1. The van der Waals surface area contributed by atoms with E-state index in [0.717, 1.165) is 67.9 Å². The lowest BCUT2D eigenvalue weighted by Gasteiger charge is -2.38. The highest BCUT2D eigenvalue weighted by Gasteiger charge is 2.49. The molecule has 0 unspecified atom stereocenters. The van der Waals surface area contributed by atoms with Gasteiger partial charge in [-0.1, -0.05) is 12.1 Å². The Balaban J connectivity index is 1.35. The number of nitrogens with zero attached hydrogens (tertiary/aromatic N) is 1. The van der Waals surface area contributed by atoms with Crippen molar-refractivity contribution in [2.45, 2.75) is 56.6 Å². The number of ether oxygens (including phenoxy) is 2. The van der Waals surface area contributed by atoms with Gasteiger partial charge in [-0.2, -0.15) is 0 Å². The van der Waals surface area contributed by atoms with Crippen LogP contribution in [-0.2, 0) is 16.8 Å². The molecule has 2 N–H and O–H groups in total. The predicted octanol–water partition coefficient (Wildman–Crippen LogP) is 4.21. The molecule has 31 heavy (non-hydrogen) atoms. The highest BCUT2D eigenvalue weighted by Crippen LogP contribution is 2.49. The highest BCUT2D eigenvalue weighted by molar-refractivity contribution is 6.06. The summed E-state index contributed by atoms with van der Waals surface area (Å²) < 4.78 is 11.9. The number of rotatable bonds is 5. The Morgan fingerprint density at radius 1 is 1.13 bits per heavy atom. The molecule has 1 saturated carbocycles. The van der Waals surface area contributed by atoms with Crippen LogP contribution in [0, 0.1) is 0 Å². The second-order valence-electron chi connectivity index (χ2n) is 9.06. The number of likely N-dealkylation sites (tertiary alicyclic amines) is 1. The van der Waals surface area contributed by atoms with Crippen LogP contribution in [0.15, 0.2) is 36.4 Å². The number of carbonyl (C=O) groups excluding carboxylic acids is 1. The first-order valence-corrected chi connectivity index (χ1v) is 11.3. The average molecular weight is 423 g/mol. The molecule has 6 heteroatoms. The van der Waals surface area contributed by atoms with Crippen molar-refractivity contribution in [1.82, 2.24) is 4.90 Å². The SMILES string of the molecule is COc1cc2c(cc1OC1CCCC1)NC(=O)C21CCN(Cc2cccc(O)c2)CC1. The van der Waals surface area contributed by atoms with Gasteiger partial charge in [0.05, 0.1) is 18.6 Å². The second-order valence-corrected chi connectivity index (χ2v) is 9.06. The number of hydrogen-bond acceptors (Lipinski definition) is 5. The van der Waals surface area contributed by atoms with Gasteiger partial charge in [0, 0.05) is 18.3 Å². The number of piperidine rings is 1. The minimum atomic E-state index is -0.510. The smallest absolute Gasteiger partial charge is 0.235 e. The first-order chi connectivity index (χ1) is 15.1. The summed E-state index contributed by atoms with van der Waals surface area (Å²) in [6, 6.07) is 11.4. The second kappa shape index (κ2) is 8.08. The Bertz CT molecular complexity index is 975. The number of anilines is 1. The van der Waals surface area contributed by atoms with Crippen LogP contribution in [-0.4, -0.2) is 42.2 Å². The van der Waals surface area contributed by atoms with Gasteiger partial charge in [0.25, 0.3) is 0 Å². The maximum atomic E-state index is 13.1. The molecule has 1 spiro atoms. The summed E-state index contributed by atoms with van der Waals surface area (Å²) in [5.41, 5.74) is 2.47. The number of fused-ring (bicyclic) bond motifs is 2. The monoisotopic (exact) mass is 422 g/mol. The summed E-state index contributed by atoms with van der Waals surface area (Å²) in [5.74, 6) is 1.81. The zero-order valence-corrected chi connectivity index (χ0v) is 18.0. The van der Waals surface area contributed by atoms with E-state index in [1.54, 1.807) is 19.2 Å². The van der Waals surface area contributed by atoms with Gasteiger partial charge in [0.2, 0.25) is 5.91 Å². The first kappa shape index (κ1) is 20.2. The zero-order valence-electron chi connectivity index (χ0n) is 18.0. The van der Waals surface area contributed by atoms with Gasteiger partial charge in [-0.25, -0.2) is 0 Å². The molecule has 2 heterocycles. The predicted molar refractivity (Wildman–Crippen MR) is 119 cm³/mol. The fourth-order valence-electron chi connectivity index (χ4n) is 5.36. The van der Waals surface area contributed by atoms with Gasteiger partial charge in [-0.3, -0.25) is 9.69 Å². The molecule has 0 atom stereocenters. The van der Waals surface area contributed by atoms with E-state index in [-0.39, 0.29) is 17.8 Å². The van der Waals surface area contributed by atoms with E-state index in [1.165, 1.54) is 12.8 Å². The van der Waals surface area contributed by atoms with Crippen LogP contribution in [0.3, 0.4) is 0 Å². The largest absolute Gasteiger partial charge is 0.508 e. The third kappa shape index (κ3) is 3.74. The molecule has 1 aliphatic carbocycles. The number of hydrogen-bond donors (Lipinski definition) is 2. The van der Waals surface area contributed by atoms with Crippen LogP contribution < -0.4 is 14.8 Å². The zero-order chi connectivity index (χ0) is 21.4. The van der Waals surface area contributed by atoms with E-state index in [9.17, 15) is 9.90 Å². The van der Waals surface area contributed by atoms with E-state index < -0.39 is 5.41 Å². The normalized spacial score (nSPS) is 20.6. The molecule has 2 aromatic carbocycles. The molecule has 1 amide bonds. The first-order valence-electron chi connectivity index (χ1n) is 11.3. The van der Waals surface area contributed by atoms with E-state index in [2.05, 4.69) is 10.2 Å². The molecule has 2 aliphatic heterocycles. The van der Waals surface area contributed by atoms with Crippen molar-refractivity contribution in [3.63, 3.8) is 0 Å². The summed E-state index contributed by atoms with van der Waals surface area (Å²) in [6.45, 7) is 2.42. The van der Waals surface area contributed by atoms with Gasteiger partial charge in [-0.05, 0) is 80.9 Å². The molecule has 2 fully saturated rings. The van der Waals surface area contributed by atoms with Gasteiger partial charge >= 0.3 is 0 Å². The average Bonchev–Trinajstić information content (AvgIpc) is 3.36. The van der Waals surface area contributed by atoms with Gasteiger partial charge < -0.3 is 19.9 Å². The summed E-state index contributed by atoms with van der Waals surface area (Å²) in [6.07, 6.45) is 6.32. The summed E-state index contributed by atoms with van der Waals surface area (Å²) in [4.78, 5) is 15.5. The van der Waals surface area contributed by atoms with E-state index in [1.807, 2.05) is 24.3 Å². The van der Waals surface area contributed by atoms with Crippen LogP contribution in [0.5, 0.6) is 17.2 Å². The van der Waals surface area contributed by atoms with Crippen molar-refractivity contribution < 1.29 is 19.4 Å². The van der Waals surface area contributed by atoms with Crippen molar-refractivity contribution in [3.8, 4) is 17.2 Å². The number of amides is 1. The van der Waals surface area contributed by atoms with Gasteiger partial charge in [-0.15, -0.1) is 0 Å². The van der Waals surface area contributed by atoms with E-state index >= 15 is 0 Å². The Morgan fingerprint density at radius 2 is 1.90 bits per heavy atom. The summed E-state index contributed by atoms with van der Waals surface area (Å²) in [5, 5.41) is 12.8. The fourth-order valence-corrected chi connectivity index (χ4v) is 5.36. The third-order valence-electron chi connectivity index (χ3n) is 7.12. The molecular formula is C25H30N2O4. The maximum absolute atomic E-state index is 13.1. The van der Waals surface area contributed by atoms with Crippen LogP contribution in [0.25, 0.3) is 0 Å². The molecule has 3 aliphatic rings. The minimum absolute atomic E-state index is 0.0829. The lowest BCUT2D eigenvalue weighted by molar-refractivity contribution is -0.122. The van der Waals surface area contributed by atoms with Gasteiger partial charge in [0.1, 0.15) is 5.75 Å². The molecule has 0 aromatic heterocycles. The van der Waals surface area contributed by atoms with E-state index in [0.29, 0.717) is 5.75 Å². The quantitative estimate of drug-likeness (QED) is 0.755. The number of carbonyl (C=O) groups is 1. The molecule has 6 nitrogen and oxygen atoms in total. The summed E-state index contributed by atoms with van der Waals surface area (Å²) in [7, 11) is 1.66. The molecule has 5 rings (SSSR count). The number of aromatic hydroxyl groups is 1. The van der Waals surface area contributed by atoms with Crippen molar-refractivity contribution in [1.29, 1.82) is 0 Å². The third-order valence-corrected chi connectivity index (χ3v) is 7.12. The Labute approximate surface area is 183 Å². The standard InChI is InChI=1S/C25H30N2O4/c1-30-22-14-20-21(15-23(22)31-19-7-2-3-8-19)26-24(29)25(20)9-11-27(12-10-25)16-17-5-4-6-18(28)13-17/h4-6,13-15,19,28H,2-3,7-12,16H2,1H3,(H,26,29). The van der Waals surface area contributed by atoms with Crippen LogP contribution in [0.4, 0.5) is 5.69 Å². The summed E-state index contributed by atoms with van der Waals surface area (Å²) >= 11 is 0. The van der Waals surface area contributed by atoms with E-state index in [4.69, 9.17) is 9.47 Å². The minimum Gasteiger partial charge on any atom is -0.508 e. The molecule has 0 radical (unpaired) electrons. The highest BCUT2D eigenvalue weighted by atomic mass is 16.5. The maximum Gasteiger partial charge on any atom is 0.235 e. The number of benzene rings is 2. The van der Waals surface area contributed by atoms with Crippen LogP contribution >= 0.6 is 0 Å². The fraction of sp³-hybridized carbons (Fsp3) is 0.480. The van der Waals surface area contributed by atoms with Crippen molar-refractivity contribution in [2.75, 3.05) is 25.5 Å². The number of phenolic OH excluding ortho intramolecular Hbond substituents is 1. The van der Waals surface area contributed by atoms with Crippen molar-refractivity contribution >= 4 is 11.6 Å². The topological polar surface area (TPSA) is 71.0 Å². The van der Waals surface area contributed by atoms with Crippen molar-refractivity contribution in [2.24, 2.45) is 0 Å². The van der Waals surface area contributed by atoms with Crippen LogP contribution in [0.2, 0.25) is 0 Å². The number of methoxy groups -OCH3 is 1. The molecule has 1 saturated heterocycles. The lowest BCUT2D eigenvalue weighted by Crippen LogP contribution is -2.46. The Morgan fingerprint density at radius 3 is 2.61 bits per heavy atom. The molecular weight excluding hydrogens is 392 g/mol. The van der Waals surface area contributed by atoms with Crippen molar-refractivity contribution in [3.05, 3.63) is 47.5 Å². The van der Waals surface area contributed by atoms with Crippen LogP contribution in [0.1, 0.15) is 49.7 Å². The molecule has 164 valence electrons. The lowest BCUT2D eigenvalue weighted by atomic mass is 9.73. The Hall–Kier alpha value is -2.73. The number of nitrogens with one attached hydrogen (secondary N) is 1. The van der Waals surface area contributed by atoms with Gasteiger partial charge in [0.15, 0.2) is 11.5 Å². The molecule has 0 bridgehead atoms.